The second-order valence-electron chi connectivity index (χ2n) is 3.36. The Hall–Kier alpha value is -0.670. The predicted molar refractivity (Wildman–Crippen MR) is 53.6 cm³/mol. The number of hydrogen-bond acceptors (Lipinski definition) is 3. The molecule has 0 aliphatic rings. The Morgan fingerprint density at radius 3 is 2.54 bits per heavy atom. The summed E-state index contributed by atoms with van der Waals surface area (Å²) in [6.07, 6.45) is 0. The highest BCUT2D eigenvalue weighted by atomic mass is 35.5. The van der Waals surface area contributed by atoms with Gasteiger partial charge in [-0.2, -0.15) is 5.10 Å². The Kier molecular flexibility index (Phi) is 3.63. The van der Waals surface area contributed by atoms with Gasteiger partial charge < -0.3 is 0 Å². The Morgan fingerprint density at radius 1 is 1.38 bits per heavy atom. The third-order valence-electron chi connectivity index (χ3n) is 1.98. The lowest BCUT2D eigenvalue weighted by molar-refractivity contribution is 0.262. The summed E-state index contributed by atoms with van der Waals surface area (Å²) in [6.45, 7) is 5.09. The molecule has 13 heavy (non-hydrogen) atoms. The molecular formula is C9H14ClN3. The van der Waals surface area contributed by atoms with Gasteiger partial charge in [0.25, 0.3) is 0 Å². The lowest BCUT2D eigenvalue weighted by atomic mass is 10.3. The summed E-state index contributed by atoms with van der Waals surface area (Å²) in [6, 6.07) is 4.17. The van der Waals surface area contributed by atoms with Crippen LogP contribution in [0.5, 0.6) is 0 Å². The molecule has 0 saturated heterocycles. The molecule has 3 nitrogen and oxygen atoms in total. The fraction of sp³-hybridized carbons (Fsp3) is 0.556. The third-order valence-corrected chi connectivity index (χ3v) is 2.18. The van der Waals surface area contributed by atoms with E-state index in [9.17, 15) is 0 Å². The molecule has 1 aromatic heterocycles. The van der Waals surface area contributed by atoms with Crippen molar-refractivity contribution in [3.8, 4) is 0 Å². The monoisotopic (exact) mass is 199 g/mol. The minimum Gasteiger partial charge on any atom is -0.298 e. The number of halogens is 1. The average molecular weight is 200 g/mol. The van der Waals surface area contributed by atoms with Crippen LogP contribution in [-0.2, 0) is 6.54 Å². The number of nitrogens with zero attached hydrogens (tertiary/aromatic N) is 3. The first kappa shape index (κ1) is 10.4. The molecule has 0 unspecified atom stereocenters. The maximum atomic E-state index is 5.62. The second-order valence-corrected chi connectivity index (χ2v) is 3.74. The van der Waals surface area contributed by atoms with Gasteiger partial charge in [0.05, 0.1) is 5.69 Å². The van der Waals surface area contributed by atoms with Crippen LogP contribution in [0.25, 0.3) is 0 Å². The molecular weight excluding hydrogens is 186 g/mol. The first-order chi connectivity index (χ1) is 6.09. The molecule has 0 spiro atoms. The first-order valence-electron chi connectivity index (χ1n) is 4.28. The van der Waals surface area contributed by atoms with Gasteiger partial charge in [-0.25, -0.2) is 0 Å². The van der Waals surface area contributed by atoms with E-state index in [-0.39, 0.29) is 0 Å². The van der Waals surface area contributed by atoms with Gasteiger partial charge in [0, 0.05) is 12.6 Å². The van der Waals surface area contributed by atoms with Crippen LogP contribution in [0.3, 0.4) is 0 Å². The van der Waals surface area contributed by atoms with Gasteiger partial charge in [-0.1, -0.05) is 11.6 Å². The molecule has 0 bridgehead atoms. The Bertz CT molecular complexity index is 258. The van der Waals surface area contributed by atoms with Crippen molar-refractivity contribution >= 4 is 11.6 Å². The molecule has 1 heterocycles. The van der Waals surface area contributed by atoms with Gasteiger partial charge in [0.2, 0.25) is 0 Å². The van der Waals surface area contributed by atoms with Gasteiger partial charge >= 0.3 is 0 Å². The van der Waals surface area contributed by atoms with Crippen molar-refractivity contribution in [3.63, 3.8) is 0 Å². The Balaban J connectivity index is 2.59. The van der Waals surface area contributed by atoms with Gasteiger partial charge in [-0.15, -0.1) is 5.10 Å². The number of rotatable bonds is 3. The van der Waals surface area contributed by atoms with E-state index >= 15 is 0 Å². The van der Waals surface area contributed by atoms with Gasteiger partial charge in [-0.05, 0) is 33.0 Å². The summed E-state index contributed by atoms with van der Waals surface area (Å²) in [5.74, 6) is 0. The van der Waals surface area contributed by atoms with E-state index < -0.39 is 0 Å². The van der Waals surface area contributed by atoms with Crippen LogP contribution in [0, 0.1) is 0 Å². The molecule has 0 amide bonds. The highest BCUT2D eigenvalue weighted by molar-refractivity contribution is 6.29. The fourth-order valence-corrected chi connectivity index (χ4v) is 0.967. The smallest absolute Gasteiger partial charge is 0.151 e. The molecule has 0 N–H and O–H groups in total. The molecule has 0 aliphatic heterocycles. The van der Waals surface area contributed by atoms with E-state index in [4.69, 9.17) is 11.6 Å². The molecule has 0 saturated carbocycles. The Labute approximate surface area is 83.7 Å². The van der Waals surface area contributed by atoms with E-state index in [0.29, 0.717) is 11.2 Å². The minimum absolute atomic E-state index is 0.441. The van der Waals surface area contributed by atoms with Crippen LogP contribution >= 0.6 is 11.6 Å². The molecule has 0 aromatic carbocycles. The zero-order valence-electron chi connectivity index (χ0n) is 8.16. The zero-order valence-corrected chi connectivity index (χ0v) is 8.91. The van der Waals surface area contributed by atoms with Crippen LogP contribution in [0.4, 0.5) is 0 Å². The van der Waals surface area contributed by atoms with Gasteiger partial charge in [-0.3, -0.25) is 4.90 Å². The van der Waals surface area contributed by atoms with Gasteiger partial charge in [0.1, 0.15) is 0 Å². The molecule has 4 heteroatoms. The summed E-state index contributed by atoms with van der Waals surface area (Å²) in [7, 11) is 2.06. The van der Waals surface area contributed by atoms with Crippen molar-refractivity contribution in [1.29, 1.82) is 0 Å². The molecule has 0 fully saturated rings. The highest BCUT2D eigenvalue weighted by Gasteiger charge is 2.04. The molecule has 72 valence electrons. The van der Waals surface area contributed by atoms with Crippen molar-refractivity contribution in [2.24, 2.45) is 0 Å². The molecule has 0 aliphatic carbocycles. The summed E-state index contributed by atoms with van der Waals surface area (Å²) in [5, 5.41) is 8.20. The predicted octanol–water partition coefficient (Wildman–Crippen LogP) is 1.97. The largest absolute Gasteiger partial charge is 0.298 e. The topological polar surface area (TPSA) is 29.0 Å². The van der Waals surface area contributed by atoms with Crippen LogP contribution < -0.4 is 0 Å². The maximum absolute atomic E-state index is 5.62. The minimum atomic E-state index is 0.441. The molecule has 0 radical (unpaired) electrons. The van der Waals surface area contributed by atoms with Crippen LogP contribution in [0.15, 0.2) is 12.1 Å². The van der Waals surface area contributed by atoms with Crippen LogP contribution in [0.2, 0.25) is 5.15 Å². The quantitative estimate of drug-likeness (QED) is 0.746. The summed E-state index contributed by atoms with van der Waals surface area (Å²) in [5.41, 5.74) is 0.945. The van der Waals surface area contributed by atoms with Crippen molar-refractivity contribution in [3.05, 3.63) is 23.0 Å². The molecule has 1 rings (SSSR count). The summed E-state index contributed by atoms with van der Waals surface area (Å²) < 4.78 is 0. The van der Waals surface area contributed by atoms with E-state index in [0.717, 1.165) is 12.2 Å². The van der Waals surface area contributed by atoms with E-state index in [1.807, 2.05) is 6.07 Å². The first-order valence-corrected chi connectivity index (χ1v) is 4.65. The van der Waals surface area contributed by atoms with Crippen molar-refractivity contribution in [2.45, 2.75) is 26.4 Å². The fourth-order valence-electron chi connectivity index (χ4n) is 0.866. The standard InChI is InChI=1S/C9H14ClN3/c1-7(2)13(3)6-8-4-5-9(10)12-11-8/h4-5,7H,6H2,1-3H3. The molecule has 0 atom stereocenters. The third kappa shape index (κ3) is 3.28. The van der Waals surface area contributed by atoms with Crippen molar-refractivity contribution in [2.75, 3.05) is 7.05 Å². The second kappa shape index (κ2) is 4.53. The number of aromatic nitrogens is 2. The lowest BCUT2D eigenvalue weighted by Gasteiger charge is -2.19. The Morgan fingerprint density at radius 2 is 2.08 bits per heavy atom. The molecule has 1 aromatic rings. The van der Waals surface area contributed by atoms with E-state index in [2.05, 4.69) is 36.0 Å². The summed E-state index contributed by atoms with van der Waals surface area (Å²) >= 11 is 5.62. The highest BCUT2D eigenvalue weighted by Crippen LogP contribution is 2.05. The van der Waals surface area contributed by atoms with Crippen molar-refractivity contribution in [1.82, 2.24) is 15.1 Å². The van der Waals surface area contributed by atoms with Crippen molar-refractivity contribution < 1.29 is 0 Å². The number of hydrogen-bond donors (Lipinski definition) is 0. The van der Waals surface area contributed by atoms with Gasteiger partial charge in [0.15, 0.2) is 5.15 Å². The van der Waals surface area contributed by atoms with Crippen LogP contribution in [0.1, 0.15) is 19.5 Å². The SMILES string of the molecule is CC(C)N(C)Cc1ccc(Cl)nn1. The zero-order chi connectivity index (χ0) is 9.84. The maximum Gasteiger partial charge on any atom is 0.151 e. The van der Waals surface area contributed by atoms with E-state index in [1.54, 1.807) is 6.07 Å². The van der Waals surface area contributed by atoms with E-state index in [1.165, 1.54) is 0 Å². The summed E-state index contributed by atoms with van der Waals surface area (Å²) in [4.78, 5) is 2.19. The average Bonchev–Trinajstić information content (AvgIpc) is 2.08. The normalized spacial score (nSPS) is 11.2. The lowest BCUT2D eigenvalue weighted by Crippen LogP contribution is -2.26. The van der Waals surface area contributed by atoms with Crippen LogP contribution in [-0.4, -0.2) is 28.2 Å².